The highest BCUT2D eigenvalue weighted by atomic mass is 32.2. The molecule has 0 spiro atoms. The van der Waals surface area contributed by atoms with E-state index in [0.717, 1.165) is 4.31 Å². The van der Waals surface area contributed by atoms with Gasteiger partial charge in [-0.25, -0.2) is 8.42 Å². The van der Waals surface area contributed by atoms with Gasteiger partial charge >= 0.3 is 5.97 Å². The summed E-state index contributed by atoms with van der Waals surface area (Å²) >= 11 is 0. The van der Waals surface area contributed by atoms with Crippen LogP contribution >= 0.6 is 0 Å². The van der Waals surface area contributed by atoms with Crippen LogP contribution in [0.3, 0.4) is 0 Å². The molecule has 80 valence electrons. The van der Waals surface area contributed by atoms with Crippen LogP contribution in [-0.2, 0) is 19.6 Å². The average molecular weight is 219 g/mol. The van der Waals surface area contributed by atoms with Gasteiger partial charge < -0.3 is 4.74 Å². The number of rotatable bonds is 5. The number of nitrogens with zero attached hydrogens (tertiary/aromatic N) is 1. The fourth-order valence-corrected chi connectivity index (χ4v) is 1.56. The van der Waals surface area contributed by atoms with Crippen LogP contribution in [0.4, 0.5) is 0 Å². The van der Waals surface area contributed by atoms with E-state index in [2.05, 4.69) is 10.7 Å². The summed E-state index contributed by atoms with van der Waals surface area (Å²) in [6.07, 6.45) is 4.94. The van der Waals surface area contributed by atoms with Gasteiger partial charge in [0.15, 0.2) is 5.75 Å². The van der Waals surface area contributed by atoms with E-state index in [1.165, 1.54) is 7.05 Å². The Morgan fingerprint density at radius 2 is 2.14 bits per heavy atom. The highest BCUT2D eigenvalue weighted by Gasteiger charge is 2.21. The lowest BCUT2D eigenvalue weighted by atomic mass is 10.7. The summed E-state index contributed by atoms with van der Waals surface area (Å²) in [5.74, 6) is 0.739. The molecular weight excluding hydrogens is 206 g/mol. The molecule has 0 aliphatic heterocycles. The lowest BCUT2D eigenvalue weighted by Gasteiger charge is -2.12. The number of esters is 1. The number of hydrogen-bond acceptors (Lipinski definition) is 4. The van der Waals surface area contributed by atoms with Crippen LogP contribution in [0.25, 0.3) is 0 Å². The third kappa shape index (κ3) is 4.25. The average Bonchev–Trinajstić information content (AvgIpc) is 2.03. The van der Waals surface area contributed by atoms with Gasteiger partial charge in [-0.1, -0.05) is 5.92 Å². The molecule has 0 rings (SSSR count). The van der Waals surface area contributed by atoms with Crippen LogP contribution in [0.5, 0.6) is 0 Å². The summed E-state index contributed by atoms with van der Waals surface area (Å²) in [4.78, 5) is 10.9. The summed E-state index contributed by atoms with van der Waals surface area (Å²) in [6, 6.07) is 0. The maximum Gasteiger partial charge on any atom is 0.322 e. The molecule has 5 nitrogen and oxygen atoms in total. The first-order chi connectivity index (χ1) is 6.44. The fraction of sp³-hybridized carbons (Fsp3) is 0.625. The zero-order valence-electron chi connectivity index (χ0n) is 8.19. The summed E-state index contributed by atoms with van der Waals surface area (Å²) in [7, 11) is -2.31. The van der Waals surface area contributed by atoms with Crippen molar-refractivity contribution in [2.45, 2.75) is 6.92 Å². The van der Waals surface area contributed by atoms with Gasteiger partial charge in [0.25, 0.3) is 0 Å². The van der Waals surface area contributed by atoms with E-state index in [-0.39, 0.29) is 13.2 Å². The van der Waals surface area contributed by atoms with Crippen molar-refractivity contribution >= 4 is 16.0 Å². The highest BCUT2D eigenvalue weighted by Crippen LogP contribution is 1.98. The minimum absolute atomic E-state index is 0.0538. The van der Waals surface area contributed by atoms with Crippen LogP contribution in [-0.4, -0.2) is 44.6 Å². The van der Waals surface area contributed by atoms with Crippen molar-refractivity contribution in [1.82, 2.24) is 4.31 Å². The summed E-state index contributed by atoms with van der Waals surface area (Å²) < 4.78 is 28.1. The summed E-state index contributed by atoms with van der Waals surface area (Å²) in [6.45, 7) is 1.71. The van der Waals surface area contributed by atoms with Crippen LogP contribution in [0.1, 0.15) is 6.92 Å². The first kappa shape index (κ1) is 12.9. The molecule has 0 unspecified atom stereocenters. The van der Waals surface area contributed by atoms with E-state index in [4.69, 9.17) is 6.42 Å². The van der Waals surface area contributed by atoms with Crippen molar-refractivity contribution in [3.05, 3.63) is 0 Å². The topological polar surface area (TPSA) is 63.7 Å². The molecule has 0 bridgehead atoms. The van der Waals surface area contributed by atoms with Crippen molar-refractivity contribution in [2.24, 2.45) is 0 Å². The Morgan fingerprint density at radius 1 is 1.57 bits per heavy atom. The van der Waals surface area contributed by atoms with E-state index in [1.54, 1.807) is 6.92 Å². The Balaban J connectivity index is 4.36. The molecule has 0 heterocycles. The predicted octanol–water partition coefficient (Wildman–Crippen LogP) is -0.556. The molecule has 0 radical (unpaired) electrons. The first-order valence-corrected chi connectivity index (χ1v) is 5.58. The zero-order valence-corrected chi connectivity index (χ0v) is 9.00. The fourth-order valence-electron chi connectivity index (χ4n) is 0.689. The molecule has 6 heteroatoms. The van der Waals surface area contributed by atoms with Crippen molar-refractivity contribution < 1.29 is 17.9 Å². The van der Waals surface area contributed by atoms with Crippen molar-refractivity contribution in [2.75, 3.05) is 26.0 Å². The monoisotopic (exact) mass is 219 g/mol. The standard InChI is InChI=1S/C8H13NO4S/c1-4-6-9(3)14(11,12)7-8(10)13-5-2/h1H,5-7H2,2-3H3. The van der Waals surface area contributed by atoms with E-state index < -0.39 is 21.7 Å². The molecular formula is C8H13NO4S. The Labute approximate surface area is 84.1 Å². The number of ether oxygens (including phenoxy) is 1. The van der Waals surface area contributed by atoms with Gasteiger partial charge in [-0.3, -0.25) is 4.79 Å². The Kier molecular flexibility index (Phi) is 5.20. The third-order valence-corrected chi connectivity index (χ3v) is 3.07. The SMILES string of the molecule is C#CCN(C)S(=O)(=O)CC(=O)OCC. The number of terminal acetylenes is 1. The van der Waals surface area contributed by atoms with Gasteiger partial charge in [0.1, 0.15) is 0 Å². The maximum atomic E-state index is 11.3. The molecule has 0 aliphatic rings. The molecule has 0 saturated carbocycles. The highest BCUT2D eigenvalue weighted by molar-refractivity contribution is 7.89. The first-order valence-electron chi connectivity index (χ1n) is 3.97. The Hall–Kier alpha value is -1.06. The second-order valence-electron chi connectivity index (χ2n) is 2.52. The van der Waals surface area contributed by atoms with Crippen LogP contribution in [0.2, 0.25) is 0 Å². The Morgan fingerprint density at radius 3 is 2.57 bits per heavy atom. The summed E-state index contributed by atoms with van der Waals surface area (Å²) in [5, 5.41) is 0. The van der Waals surface area contributed by atoms with Gasteiger partial charge in [0.05, 0.1) is 13.2 Å². The third-order valence-electron chi connectivity index (χ3n) is 1.39. The van der Waals surface area contributed by atoms with Crippen molar-refractivity contribution in [1.29, 1.82) is 0 Å². The number of sulfonamides is 1. The quantitative estimate of drug-likeness (QED) is 0.459. The van der Waals surface area contributed by atoms with Gasteiger partial charge in [-0.05, 0) is 6.92 Å². The van der Waals surface area contributed by atoms with Gasteiger partial charge in [-0.2, -0.15) is 4.31 Å². The van der Waals surface area contributed by atoms with Crippen molar-refractivity contribution in [3.63, 3.8) is 0 Å². The molecule has 0 N–H and O–H groups in total. The second kappa shape index (κ2) is 5.62. The van der Waals surface area contributed by atoms with Gasteiger partial charge in [-0.15, -0.1) is 6.42 Å². The molecule has 14 heavy (non-hydrogen) atoms. The van der Waals surface area contributed by atoms with E-state index in [1.807, 2.05) is 0 Å². The minimum atomic E-state index is -3.63. The molecule has 0 aliphatic carbocycles. The minimum Gasteiger partial charge on any atom is -0.465 e. The predicted molar refractivity (Wildman–Crippen MR) is 51.9 cm³/mol. The molecule has 0 aromatic carbocycles. The van der Waals surface area contributed by atoms with Crippen LogP contribution in [0, 0.1) is 12.3 Å². The van der Waals surface area contributed by atoms with E-state index in [0.29, 0.717) is 0 Å². The maximum absolute atomic E-state index is 11.3. The lowest BCUT2D eigenvalue weighted by Crippen LogP contribution is -2.33. The number of hydrogen-bond donors (Lipinski definition) is 0. The molecule has 0 atom stereocenters. The second-order valence-corrected chi connectivity index (χ2v) is 4.60. The number of carbonyl (C=O) groups is 1. The smallest absolute Gasteiger partial charge is 0.322 e. The summed E-state index contributed by atoms with van der Waals surface area (Å²) in [5.41, 5.74) is 0. The van der Waals surface area contributed by atoms with Crippen LogP contribution < -0.4 is 0 Å². The largest absolute Gasteiger partial charge is 0.465 e. The van der Waals surface area contributed by atoms with Gasteiger partial charge in [0.2, 0.25) is 10.0 Å². The van der Waals surface area contributed by atoms with Gasteiger partial charge in [0, 0.05) is 7.05 Å². The molecule has 0 aromatic rings. The normalized spacial score (nSPS) is 11.0. The Bertz CT molecular complexity index is 328. The van der Waals surface area contributed by atoms with E-state index >= 15 is 0 Å². The molecule has 0 saturated heterocycles. The zero-order chi connectivity index (χ0) is 11.2. The van der Waals surface area contributed by atoms with E-state index in [9.17, 15) is 13.2 Å². The lowest BCUT2D eigenvalue weighted by molar-refractivity contribution is -0.140. The molecule has 0 fully saturated rings. The number of carbonyl (C=O) groups excluding carboxylic acids is 1. The van der Waals surface area contributed by atoms with Crippen LogP contribution in [0.15, 0.2) is 0 Å². The van der Waals surface area contributed by atoms with Crippen molar-refractivity contribution in [3.8, 4) is 12.3 Å². The molecule has 0 amide bonds. The molecule has 0 aromatic heterocycles.